The van der Waals surface area contributed by atoms with Gasteiger partial charge in [0, 0.05) is 26.7 Å². The third-order valence-electron chi connectivity index (χ3n) is 5.98. The van der Waals surface area contributed by atoms with Crippen molar-refractivity contribution >= 4 is 27.7 Å². The first-order valence-corrected chi connectivity index (χ1v) is 13.7. The number of rotatable bonds is 12. The fourth-order valence-electron chi connectivity index (χ4n) is 3.92. The molecule has 0 aliphatic carbocycles. The normalized spacial score (nSPS) is 12.4. The van der Waals surface area contributed by atoms with Gasteiger partial charge in [0.25, 0.3) is 0 Å². The van der Waals surface area contributed by atoms with Crippen LogP contribution < -0.4 is 14.4 Å². The highest BCUT2D eigenvalue weighted by molar-refractivity contribution is 7.90. The molecule has 10 heteroatoms. The third kappa shape index (κ3) is 7.69. The number of amides is 2. The molecule has 1 atom stereocenters. The number of ether oxygens (including phenoxy) is 1. The van der Waals surface area contributed by atoms with Gasteiger partial charge in [-0.1, -0.05) is 31.2 Å². The Labute approximate surface area is 221 Å². The Balaban J connectivity index is 2.55. The van der Waals surface area contributed by atoms with E-state index in [1.807, 2.05) is 52.0 Å². The molecule has 1 N–H and O–H groups in total. The standard InChI is InChI=1S/C27H40N4O5S/c1-9-24(27(33)28-19(2)3)30(17-22-12-14-23(36-8)15-13-22)26(32)18-31(37(34,35)29(6)7)25-16-20(4)10-11-21(25)5/h10-16,19,24H,9,17-18H2,1-8H3,(H,28,33)/t24-/m1/s1. The maximum Gasteiger partial charge on any atom is 0.304 e. The van der Waals surface area contributed by atoms with Gasteiger partial charge in [0.1, 0.15) is 18.3 Å². The number of methoxy groups -OCH3 is 1. The summed E-state index contributed by atoms with van der Waals surface area (Å²) in [5, 5.41) is 2.89. The summed E-state index contributed by atoms with van der Waals surface area (Å²) in [6.45, 7) is 8.89. The van der Waals surface area contributed by atoms with Gasteiger partial charge in [0.05, 0.1) is 12.8 Å². The van der Waals surface area contributed by atoms with Crippen molar-refractivity contribution in [3.8, 4) is 5.75 Å². The lowest BCUT2D eigenvalue weighted by molar-refractivity contribution is -0.140. The van der Waals surface area contributed by atoms with Gasteiger partial charge in [-0.2, -0.15) is 12.7 Å². The summed E-state index contributed by atoms with van der Waals surface area (Å²) in [4.78, 5) is 28.5. The second kappa shape index (κ2) is 12.9. The first-order valence-electron chi connectivity index (χ1n) is 12.3. The number of aryl methyl sites for hydroxylation is 2. The number of carbonyl (C=O) groups excluding carboxylic acids is 2. The number of benzene rings is 2. The minimum atomic E-state index is -4.01. The maximum absolute atomic E-state index is 13.9. The van der Waals surface area contributed by atoms with E-state index < -0.39 is 28.7 Å². The molecule has 2 amide bonds. The predicted octanol–water partition coefficient (Wildman–Crippen LogP) is 3.26. The van der Waals surface area contributed by atoms with Crippen LogP contribution in [0.4, 0.5) is 5.69 Å². The smallest absolute Gasteiger partial charge is 0.304 e. The first kappa shape index (κ1) is 30.1. The molecule has 0 aliphatic heterocycles. The molecule has 0 radical (unpaired) electrons. The Bertz CT molecular complexity index is 1180. The highest BCUT2D eigenvalue weighted by Gasteiger charge is 2.34. The minimum absolute atomic E-state index is 0.111. The number of nitrogens with one attached hydrogen (secondary N) is 1. The van der Waals surface area contributed by atoms with Crippen molar-refractivity contribution in [2.45, 2.75) is 59.7 Å². The monoisotopic (exact) mass is 532 g/mol. The van der Waals surface area contributed by atoms with Crippen molar-refractivity contribution in [3.05, 3.63) is 59.2 Å². The van der Waals surface area contributed by atoms with Crippen LogP contribution in [0.1, 0.15) is 43.9 Å². The Morgan fingerprint density at radius 1 is 1.03 bits per heavy atom. The molecular formula is C27H40N4O5S. The van der Waals surface area contributed by atoms with Crippen LogP contribution in [0.2, 0.25) is 0 Å². The number of hydrogen-bond acceptors (Lipinski definition) is 5. The van der Waals surface area contributed by atoms with Crippen molar-refractivity contribution in [2.75, 3.05) is 32.1 Å². The van der Waals surface area contributed by atoms with Gasteiger partial charge in [0.2, 0.25) is 11.8 Å². The Morgan fingerprint density at radius 2 is 1.65 bits per heavy atom. The zero-order chi connectivity index (χ0) is 27.9. The molecule has 0 saturated carbocycles. The zero-order valence-corrected chi connectivity index (χ0v) is 23.9. The third-order valence-corrected chi connectivity index (χ3v) is 7.79. The molecule has 0 spiro atoms. The van der Waals surface area contributed by atoms with Crippen molar-refractivity contribution in [2.24, 2.45) is 0 Å². The first-order chi connectivity index (χ1) is 17.3. The van der Waals surface area contributed by atoms with Gasteiger partial charge < -0.3 is 15.0 Å². The fourth-order valence-corrected chi connectivity index (χ4v) is 5.03. The summed E-state index contributed by atoms with van der Waals surface area (Å²) >= 11 is 0. The lowest BCUT2D eigenvalue weighted by Crippen LogP contribution is -2.54. The summed E-state index contributed by atoms with van der Waals surface area (Å²) in [5.74, 6) is -0.0922. The summed E-state index contributed by atoms with van der Waals surface area (Å²) in [6.07, 6.45) is 0.365. The number of hydrogen-bond donors (Lipinski definition) is 1. The second-order valence-electron chi connectivity index (χ2n) is 9.54. The van der Waals surface area contributed by atoms with Gasteiger partial charge in [-0.15, -0.1) is 0 Å². The zero-order valence-electron chi connectivity index (χ0n) is 23.1. The van der Waals surface area contributed by atoms with Crippen molar-refractivity contribution in [1.82, 2.24) is 14.5 Å². The van der Waals surface area contributed by atoms with Crippen LogP contribution in [0.3, 0.4) is 0 Å². The van der Waals surface area contributed by atoms with Crippen molar-refractivity contribution < 1.29 is 22.7 Å². The van der Waals surface area contributed by atoms with Gasteiger partial charge >= 0.3 is 10.2 Å². The van der Waals surface area contributed by atoms with Gasteiger partial charge in [0.15, 0.2) is 0 Å². The average Bonchev–Trinajstić information content (AvgIpc) is 2.83. The van der Waals surface area contributed by atoms with E-state index >= 15 is 0 Å². The SMILES string of the molecule is CC[C@H](C(=O)NC(C)C)N(Cc1ccc(OC)cc1)C(=O)CN(c1cc(C)ccc1C)S(=O)(=O)N(C)C. The van der Waals surface area contributed by atoms with E-state index in [9.17, 15) is 18.0 Å². The quantitative estimate of drug-likeness (QED) is 0.452. The van der Waals surface area contributed by atoms with Crippen LogP contribution in [0, 0.1) is 13.8 Å². The molecule has 37 heavy (non-hydrogen) atoms. The van der Waals surface area contributed by atoms with Crippen LogP contribution in [0.25, 0.3) is 0 Å². The summed E-state index contributed by atoms with van der Waals surface area (Å²) in [6, 6.07) is 11.8. The lowest BCUT2D eigenvalue weighted by Gasteiger charge is -2.34. The number of carbonyl (C=O) groups is 2. The molecule has 0 heterocycles. The highest BCUT2D eigenvalue weighted by Crippen LogP contribution is 2.26. The van der Waals surface area contributed by atoms with Crippen LogP contribution in [-0.4, -0.2) is 69.3 Å². The number of nitrogens with zero attached hydrogens (tertiary/aromatic N) is 3. The van der Waals surface area contributed by atoms with Crippen LogP contribution in [-0.2, 0) is 26.3 Å². The van der Waals surface area contributed by atoms with E-state index in [1.165, 1.54) is 19.0 Å². The minimum Gasteiger partial charge on any atom is -0.497 e. The molecule has 2 aromatic rings. The van der Waals surface area contributed by atoms with E-state index in [0.29, 0.717) is 17.9 Å². The summed E-state index contributed by atoms with van der Waals surface area (Å²) in [5.41, 5.74) is 2.80. The molecule has 2 rings (SSSR count). The van der Waals surface area contributed by atoms with Crippen molar-refractivity contribution in [1.29, 1.82) is 0 Å². The van der Waals surface area contributed by atoms with Crippen molar-refractivity contribution in [3.63, 3.8) is 0 Å². The molecule has 0 aliphatic rings. The molecule has 0 saturated heterocycles. The van der Waals surface area contributed by atoms with Gasteiger partial charge in [-0.25, -0.2) is 4.31 Å². The topological polar surface area (TPSA) is 99.3 Å². The molecule has 2 aromatic carbocycles. The van der Waals surface area contributed by atoms with E-state index in [4.69, 9.17) is 4.74 Å². The fraction of sp³-hybridized carbons (Fsp3) is 0.481. The molecule has 0 fully saturated rings. The largest absolute Gasteiger partial charge is 0.497 e. The van der Waals surface area contributed by atoms with E-state index in [-0.39, 0.29) is 18.5 Å². The summed E-state index contributed by atoms with van der Waals surface area (Å²) in [7, 11) is 0.416. The number of anilines is 1. The predicted molar refractivity (Wildman–Crippen MR) is 147 cm³/mol. The van der Waals surface area contributed by atoms with E-state index in [1.54, 1.807) is 32.2 Å². The van der Waals surface area contributed by atoms with Crippen LogP contribution >= 0.6 is 0 Å². The average molecular weight is 533 g/mol. The van der Waals surface area contributed by atoms with Crippen LogP contribution in [0.15, 0.2) is 42.5 Å². The van der Waals surface area contributed by atoms with Gasteiger partial charge in [-0.3, -0.25) is 9.59 Å². The Hall–Kier alpha value is -3.11. The van der Waals surface area contributed by atoms with Gasteiger partial charge in [-0.05, 0) is 69.0 Å². The second-order valence-corrected chi connectivity index (χ2v) is 11.6. The van der Waals surface area contributed by atoms with E-state index in [2.05, 4.69) is 5.32 Å². The maximum atomic E-state index is 13.9. The van der Waals surface area contributed by atoms with Crippen LogP contribution in [0.5, 0.6) is 5.75 Å². The molecule has 0 bridgehead atoms. The lowest BCUT2D eigenvalue weighted by atomic mass is 10.1. The summed E-state index contributed by atoms with van der Waals surface area (Å²) < 4.78 is 34.2. The molecule has 204 valence electrons. The molecule has 0 unspecified atom stereocenters. The highest BCUT2D eigenvalue weighted by atomic mass is 32.2. The molecular weight excluding hydrogens is 492 g/mol. The Morgan fingerprint density at radius 3 is 2.16 bits per heavy atom. The molecule has 0 aromatic heterocycles. The molecule has 9 nitrogen and oxygen atoms in total. The Kier molecular flexibility index (Phi) is 10.5. The van der Waals surface area contributed by atoms with E-state index in [0.717, 1.165) is 25.3 Å².